The Balaban J connectivity index is 2.01. The Morgan fingerprint density at radius 2 is 1.60 bits per heavy atom. The minimum absolute atomic E-state index is 0.210. The molecule has 0 aromatic heterocycles. The summed E-state index contributed by atoms with van der Waals surface area (Å²) in [6, 6.07) is 18.7. The number of benzene rings is 2. The molecule has 1 aliphatic rings. The molecule has 2 aromatic carbocycles. The lowest BCUT2D eigenvalue weighted by molar-refractivity contribution is -0.153. The SMILES string of the molecule is CC(=O)N1CC(=O)N(Cc2ccccc2)C(=Cc2ccccc2)C1=O. The topological polar surface area (TPSA) is 57.7 Å². The van der Waals surface area contributed by atoms with Crippen molar-refractivity contribution in [3.8, 4) is 0 Å². The van der Waals surface area contributed by atoms with Crippen LogP contribution in [0, 0.1) is 0 Å². The van der Waals surface area contributed by atoms with E-state index in [2.05, 4.69) is 0 Å². The molecule has 1 fully saturated rings. The third kappa shape index (κ3) is 3.66. The Kier molecular flexibility index (Phi) is 4.75. The van der Waals surface area contributed by atoms with Gasteiger partial charge in [-0.15, -0.1) is 0 Å². The highest BCUT2D eigenvalue weighted by atomic mass is 16.2. The molecule has 3 rings (SSSR count). The van der Waals surface area contributed by atoms with Crippen LogP contribution in [-0.4, -0.2) is 34.1 Å². The number of piperazine rings is 1. The summed E-state index contributed by atoms with van der Waals surface area (Å²) in [4.78, 5) is 39.5. The van der Waals surface area contributed by atoms with Gasteiger partial charge >= 0.3 is 0 Å². The van der Waals surface area contributed by atoms with Crippen molar-refractivity contribution in [2.24, 2.45) is 0 Å². The average Bonchev–Trinajstić information content (AvgIpc) is 2.62. The lowest BCUT2D eigenvalue weighted by Gasteiger charge is -2.34. The fourth-order valence-electron chi connectivity index (χ4n) is 2.72. The number of hydrogen-bond donors (Lipinski definition) is 0. The predicted molar refractivity (Wildman–Crippen MR) is 93.8 cm³/mol. The van der Waals surface area contributed by atoms with Crippen LogP contribution < -0.4 is 0 Å². The second kappa shape index (κ2) is 7.13. The summed E-state index contributed by atoms with van der Waals surface area (Å²) in [5.74, 6) is -1.16. The van der Waals surface area contributed by atoms with Gasteiger partial charge in [0.25, 0.3) is 5.91 Å². The zero-order chi connectivity index (χ0) is 17.8. The van der Waals surface area contributed by atoms with E-state index < -0.39 is 11.8 Å². The third-order valence-corrected chi connectivity index (χ3v) is 4.02. The van der Waals surface area contributed by atoms with E-state index in [9.17, 15) is 14.4 Å². The zero-order valence-electron chi connectivity index (χ0n) is 13.9. The van der Waals surface area contributed by atoms with Crippen LogP contribution in [0.1, 0.15) is 18.1 Å². The summed E-state index contributed by atoms with van der Waals surface area (Å²) in [5.41, 5.74) is 1.92. The molecule has 25 heavy (non-hydrogen) atoms. The normalized spacial score (nSPS) is 16.4. The molecule has 0 spiro atoms. The van der Waals surface area contributed by atoms with Crippen LogP contribution in [0.4, 0.5) is 0 Å². The van der Waals surface area contributed by atoms with Gasteiger partial charge in [0.1, 0.15) is 12.2 Å². The molecule has 5 nitrogen and oxygen atoms in total. The number of rotatable bonds is 3. The van der Waals surface area contributed by atoms with Gasteiger partial charge in [-0.25, -0.2) is 0 Å². The van der Waals surface area contributed by atoms with Gasteiger partial charge in [0.2, 0.25) is 11.8 Å². The van der Waals surface area contributed by atoms with Crippen molar-refractivity contribution in [3.63, 3.8) is 0 Å². The van der Waals surface area contributed by atoms with E-state index in [4.69, 9.17) is 0 Å². The maximum Gasteiger partial charge on any atom is 0.277 e. The molecule has 3 amide bonds. The highest BCUT2D eigenvalue weighted by molar-refractivity contribution is 6.12. The number of carbonyl (C=O) groups excluding carboxylic acids is 3. The van der Waals surface area contributed by atoms with Gasteiger partial charge in [0.15, 0.2) is 0 Å². The summed E-state index contributed by atoms with van der Waals surface area (Å²) in [6.45, 7) is 1.35. The van der Waals surface area contributed by atoms with Crippen molar-refractivity contribution in [1.29, 1.82) is 0 Å². The average molecular weight is 334 g/mol. The number of amides is 3. The minimum atomic E-state index is -0.452. The number of hydrogen-bond acceptors (Lipinski definition) is 3. The lowest BCUT2D eigenvalue weighted by atomic mass is 10.1. The van der Waals surface area contributed by atoms with Crippen LogP contribution >= 0.6 is 0 Å². The first-order valence-electron chi connectivity index (χ1n) is 8.00. The van der Waals surface area contributed by atoms with Gasteiger partial charge in [-0.2, -0.15) is 0 Å². The van der Waals surface area contributed by atoms with E-state index in [1.165, 1.54) is 11.8 Å². The summed E-state index contributed by atoms with van der Waals surface area (Å²) in [5, 5.41) is 0. The van der Waals surface area contributed by atoms with Crippen molar-refractivity contribution in [2.75, 3.05) is 6.54 Å². The van der Waals surface area contributed by atoms with Crippen LogP contribution in [0.2, 0.25) is 0 Å². The molecular formula is C20H18N2O3. The van der Waals surface area contributed by atoms with Gasteiger partial charge < -0.3 is 4.90 Å². The van der Waals surface area contributed by atoms with Gasteiger partial charge in [0, 0.05) is 6.92 Å². The fourth-order valence-corrected chi connectivity index (χ4v) is 2.72. The first-order valence-corrected chi connectivity index (χ1v) is 8.00. The van der Waals surface area contributed by atoms with E-state index in [1.54, 1.807) is 6.08 Å². The molecule has 0 bridgehead atoms. The molecule has 0 aliphatic carbocycles. The highest BCUT2D eigenvalue weighted by Crippen LogP contribution is 2.22. The minimum Gasteiger partial charge on any atom is -0.301 e. The zero-order valence-corrected chi connectivity index (χ0v) is 13.9. The Labute approximate surface area is 146 Å². The second-order valence-corrected chi connectivity index (χ2v) is 5.82. The van der Waals surface area contributed by atoms with E-state index in [1.807, 2.05) is 60.7 Å². The van der Waals surface area contributed by atoms with Gasteiger partial charge in [-0.05, 0) is 17.2 Å². The Hall–Kier alpha value is -3.21. The molecule has 0 N–H and O–H groups in total. The van der Waals surface area contributed by atoms with Crippen LogP contribution in [-0.2, 0) is 20.9 Å². The molecule has 0 atom stereocenters. The molecule has 126 valence electrons. The van der Waals surface area contributed by atoms with Crippen molar-refractivity contribution >= 4 is 23.8 Å². The molecule has 2 aromatic rings. The molecule has 0 radical (unpaired) electrons. The second-order valence-electron chi connectivity index (χ2n) is 5.82. The fraction of sp³-hybridized carbons (Fsp3) is 0.150. The molecule has 1 heterocycles. The largest absolute Gasteiger partial charge is 0.301 e. The molecule has 1 aliphatic heterocycles. The van der Waals surface area contributed by atoms with E-state index in [0.29, 0.717) is 0 Å². The number of carbonyl (C=O) groups is 3. The van der Waals surface area contributed by atoms with Gasteiger partial charge in [0.05, 0.1) is 6.54 Å². The Morgan fingerprint density at radius 3 is 2.20 bits per heavy atom. The maximum atomic E-state index is 12.8. The molecule has 1 saturated heterocycles. The quantitative estimate of drug-likeness (QED) is 0.810. The van der Waals surface area contributed by atoms with Crippen molar-refractivity contribution in [2.45, 2.75) is 13.5 Å². The van der Waals surface area contributed by atoms with Crippen LogP contribution in [0.15, 0.2) is 66.4 Å². The molecule has 0 saturated carbocycles. The maximum absolute atomic E-state index is 12.8. The first kappa shape index (κ1) is 16.6. The Bertz CT molecular complexity index is 829. The van der Waals surface area contributed by atoms with Gasteiger partial charge in [-0.3, -0.25) is 19.3 Å². The number of imide groups is 1. The third-order valence-electron chi connectivity index (χ3n) is 4.02. The van der Waals surface area contributed by atoms with Crippen molar-refractivity contribution in [3.05, 3.63) is 77.5 Å². The molecular weight excluding hydrogens is 316 g/mol. The lowest BCUT2D eigenvalue weighted by Crippen LogP contribution is -2.53. The smallest absolute Gasteiger partial charge is 0.277 e. The van der Waals surface area contributed by atoms with Crippen molar-refractivity contribution in [1.82, 2.24) is 9.80 Å². The van der Waals surface area contributed by atoms with E-state index in [-0.39, 0.29) is 24.7 Å². The summed E-state index contributed by atoms with van der Waals surface area (Å²) >= 11 is 0. The van der Waals surface area contributed by atoms with Crippen LogP contribution in [0.3, 0.4) is 0 Å². The molecule has 5 heteroatoms. The first-order chi connectivity index (χ1) is 12.1. The standard InChI is InChI=1S/C20H18N2O3/c1-15(23)21-14-19(24)22(13-17-10-6-3-7-11-17)18(20(21)25)12-16-8-4-2-5-9-16/h2-12H,13-14H2,1H3. The van der Waals surface area contributed by atoms with E-state index in [0.717, 1.165) is 16.0 Å². The molecule has 0 unspecified atom stereocenters. The van der Waals surface area contributed by atoms with E-state index >= 15 is 0 Å². The monoisotopic (exact) mass is 334 g/mol. The summed E-state index contributed by atoms with van der Waals surface area (Å²) in [7, 11) is 0. The van der Waals surface area contributed by atoms with Crippen LogP contribution in [0.25, 0.3) is 6.08 Å². The van der Waals surface area contributed by atoms with Crippen LogP contribution in [0.5, 0.6) is 0 Å². The highest BCUT2D eigenvalue weighted by Gasteiger charge is 2.36. The Morgan fingerprint density at radius 1 is 1.00 bits per heavy atom. The van der Waals surface area contributed by atoms with Crippen molar-refractivity contribution < 1.29 is 14.4 Å². The van der Waals surface area contributed by atoms with Gasteiger partial charge in [-0.1, -0.05) is 60.7 Å². The number of nitrogens with zero attached hydrogens (tertiary/aromatic N) is 2. The summed E-state index contributed by atoms with van der Waals surface area (Å²) in [6.07, 6.45) is 1.65. The predicted octanol–water partition coefficient (Wildman–Crippen LogP) is 2.45. The summed E-state index contributed by atoms with van der Waals surface area (Å²) < 4.78 is 0.